The molecule has 0 saturated carbocycles. The van der Waals surface area contributed by atoms with E-state index in [0.717, 1.165) is 22.0 Å². The number of hydrogen-bond acceptors (Lipinski definition) is 4. The second kappa shape index (κ2) is 7.28. The zero-order valence-electron chi connectivity index (χ0n) is 11.8. The van der Waals surface area contributed by atoms with Crippen LogP contribution < -0.4 is 0 Å². The summed E-state index contributed by atoms with van der Waals surface area (Å²) in [4.78, 5) is -0.668. The Balaban J connectivity index is 2.37. The lowest BCUT2D eigenvalue weighted by atomic mass is 10.3. The van der Waals surface area contributed by atoms with Crippen LogP contribution in [0.3, 0.4) is 0 Å². The lowest BCUT2D eigenvalue weighted by molar-refractivity contribution is 0.177. The molecule has 1 aromatic heterocycles. The van der Waals surface area contributed by atoms with E-state index in [1.807, 2.05) is 5.38 Å². The number of nitrogens with zero attached hydrogens (tertiary/aromatic N) is 1. The van der Waals surface area contributed by atoms with Crippen LogP contribution in [0.25, 0.3) is 0 Å². The van der Waals surface area contributed by atoms with Gasteiger partial charge in [0.15, 0.2) is 0 Å². The van der Waals surface area contributed by atoms with Crippen LogP contribution in [-0.4, -0.2) is 33.0 Å². The van der Waals surface area contributed by atoms with E-state index in [1.54, 1.807) is 11.4 Å². The Bertz CT molecular complexity index is 718. The molecule has 0 radical (unpaired) electrons. The molecule has 0 aliphatic rings. The molecule has 1 heterocycles. The first-order chi connectivity index (χ1) is 10.4. The van der Waals surface area contributed by atoms with Crippen LogP contribution in [0.5, 0.6) is 0 Å². The van der Waals surface area contributed by atoms with Crippen molar-refractivity contribution in [1.29, 1.82) is 0 Å². The number of benzene rings is 1. The molecule has 0 aliphatic carbocycles. The third-order valence-corrected chi connectivity index (χ3v) is 5.59. The van der Waals surface area contributed by atoms with Crippen molar-refractivity contribution in [2.45, 2.75) is 11.4 Å². The fraction of sp³-hybridized carbons (Fsp3) is 0.286. The fourth-order valence-electron chi connectivity index (χ4n) is 1.88. The number of halogens is 2. The van der Waals surface area contributed by atoms with Gasteiger partial charge in [0.1, 0.15) is 16.5 Å². The maximum atomic E-state index is 13.8. The van der Waals surface area contributed by atoms with Crippen molar-refractivity contribution in [2.75, 3.05) is 20.3 Å². The lowest BCUT2D eigenvalue weighted by Crippen LogP contribution is -2.34. The molecule has 2 rings (SSSR count). The number of ether oxygens (including phenoxy) is 1. The van der Waals surface area contributed by atoms with Crippen molar-refractivity contribution in [3.63, 3.8) is 0 Å². The molecule has 0 aliphatic heterocycles. The number of thiophene rings is 1. The monoisotopic (exact) mass is 347 g/mol. The van der Waals surface area contributed by atoms with Crippen molar-refractivity contribution >= 4 is 21.4 Å². The zero-order valence-corrected chi connectivity index (χ0v) is 13.5. The SMILES string of the molecule is COCCN(Cc1ccsc1)S(=O)(=O)c1cc(F)ccc1F. The van der Waals surface area contributed by atoms with E-state index in [0.29, 0.717) is 6.07 Å². The summed E-state index contributed by atoms with van der Waals surface area (Å²) in [6.07, 6.45) is 0. The molecule has 0 amide bonds. The predicted octanol–water partition coefficient (Wildman–Crippen LogP) is 2.86. The molecule has 0 unspecified atom stereocenters. The maximum Gasteiger partial charge on any atom is 0.246 e. The van der Waals surface area contributed by atoms with E-state index in [-0.39, 0.29) is 19.7 Å². The molecular weight excluding hydrogens is 332 g/mol. The molecule has 0 atom stereocenters. The Morgan fingerprint density at radius 1 is 1.27 bits per heavy atom. The summed E-state index contributed by atoms with van der Waals surface area (Å²) >= 11 is 1.43. The fourth-order valence-corrected chi connectivity index (χ4v) is 4.03. The third kappa shape index (κ3) is 3.89. The summed E-state index contributed by atoms with van der Waals surface area (Å²) in [5.74, 6) is -1.78. The minimum absolute atomic E-state index is 0.0463. The van der Waals surface area contributed by atoms with Crippen LogP contribution in [0, 0.1) is 11.6 Å². The zero-order chi connectivity index (χ0) is 16.2. The Kier molecular flexibility index (Phi) is 5.63. The van der Waals surface area contributed by atoms with E-state index in [2.05, 4.69) is 0 Å². The quantitative estimate of drug-likeness (QED) is 0.774. The van der Waals surface area contributed by atoms with Gasteiger partial charge in [0.05, 0.1) is 6.61 Å². The van der Waals surface area contributed by atoms with Gasteiger partial charge in [-0.05, 0) is 40.6 Å². The van der Waals surface area contributed by atoms with Crippen LogP contribution in [-0.2, 0) is 21.3 Å². The maximum absolute atomic E-state index is 13.8. The highest BCUT2D eigenvalue weighted by atomic mass is 32.2. The van der Waals surface area contributed by atoms with Crippen LogP contribution >= 0.6 is 11.3 Å². The summed E-state index contributed by atoms with van der Waals surface area (Å²) in [5, 5.41) is 3.62. The Hall–Kier alpha value is -1.35. The molecule has 120 valence electrons. The minimum Gasteiger partial charge on any atom is -0.383 e. The van der Waals surface area contributed by atoms with Crippen molar-refractivity contribution in [1.82, 2.24) is 4.31 Å². The van der Waals surface area contributed by atoms with Gasteiger partial charge in [-0.3, -0.25) is 0 Å². The molecule has 0 bridgehead atoms. The Morgan fingerprint density at radius 3 is 2.68 bits per heavy atom. The van der Waals surface area contributed by atoms with Gasteiger partial charge in [0.2, 0.25) is 10.0 Å². The van der Waals surface area contributed by atoms with Crippen LogP contribution in [0.1, 0.15) is 5.56 Å². The van der Waals surface area contributed by atoms with E-state index in [9.17, 15) is 17.2 Å². The van der Waals surface area contributed by atoms with Crippen molar-refractivity contribution < 1.29 is 21.9 Å². The van der Waals surface area contributed by atoms with Crippen molar-refractivity contribution in [3.8, 4) is 0 Å². The molecular formula is C14H15F2NO3S2. The van der Waals surface area contributed by atoms with Gasteiger partial charge in [-0.25, -0.2) is 17.2 Å². The van der Waals surface area contributed by atoms with Gasteiger partial charge in [-0.2, -0.15) is 15.6 Å². The summed E-state index contributed by atoms with van der Waals surface area (Å²) in [6, 6.07) is 4.16. The van der Waals surface area contributed by atoms with Crippen molar-refractivity contribution in [3.05, 3.63) is 52.2 Å². The number of methoxy groups -OCH3 is 1. The lowest BCUT2D eigenvalue weighted by Gasteiger charge is -2.21. The van der Waals surface area contributed by atoms with Gasteiger partial charge in [0.25, 0.3) is 0 Å². The van der Waals surface area contributed by atoms with Gasteiger partial charge >= 0.3 is 0 Å². The molecule has 4 nitrogen and oxygen atoms in total. The molecule has 0 saturated heterocycles. The standard InChI is InChI=1S/C14H15F2NO3S2/c1-20-6-5-17(9-11-4-7-21-10-11)22(18,19)14-8-12(15)2-3-13(14)16/h2-4,7-8,10H,5-6,9H2,1H3. The van der Waals surface area contributed by atoms with E-state index < -0.39 is 26.6 Å². The molecule has 22 heavy (non-hydrogen) atoms. The minimum atomic E-state index is -4.16. The van der Waals surface area contributed by atoms with Gasteiger partial charge in [0, 0.05) is 20.2 Å². The van der Waals surface area contributed by atoms with Gasteiger partial charge in [-0.15, -0.1) is 0 Å². The largest absolute Gasteiger partial charge is 0.383 e. The first kappa shape index (κ1) is 17.0. The van der Waals surface area contributed by atoms with Gasteiger partial charge in [-0.1, -0.05) is 0 Å². The topological polar surface area (TPSA) is 46.6 Å². The average Bonchev–Trinajstić information content (AvgIpc) is 2.98. The molecule has 1 aromatic carbocycles. The first-order valence-electron chi connectivity index (χ1n) is 6.40. The highest BCUT2D eigenvalue weighted by molar-refractivity contribution is 7.89. The van der Waals surface area contributed by atoms with Crippen LogP contribution in [0.2, 0.25) is 0 Å². The van der Waals surface area contributed by atoms with Crippen LogP contribution in [0.15, 0.2) is 39.9 Å². The summed E-state index contributed by atoms with van der Waals surface area (Å²) < 4.78 is 58.3. The van der Waals surface area contributed by atoms with Crippen molar-refractivity contribution in [2.24, 2.45) is 0 Å². The summed E-state index contributed by atoms with van der Waals surface area (Å²) in [7, 11) is -2.72. The molecule has 0 fully saturated rings. The predicted molar refractivity (Wildman–Crippen MR) is 80.1 cm³/mol. The van der Waals surface area contributed by atoms with E-state index in [4.69, 9.17) is 4.74 Å². The normalized spacial score (nSPS) is 12.0. The second-order valence-electron chi connectivity index (χ2n) is 4.54. The first-order valence-corrected chi connectivity index (χ1v) is 8.78. The van der Waals surface area contributed by atoms with E-state index >= 15 is 0 Å². The number of sulfonamides is 1. The average molecular weight is 347 g/mol. The highest BCUT2D eigenvalue weighted by Crippen LogP contribution is 2.22. The molecule has 0 N–H and O–H groups in total. The smallest absolute Gasteiger partial charge is 0.246 e. The highest BCUT2D eigenvalue weighted by Gasteiger charge is 2.28. The molecule has 2 aromatic rings. The summed E-state index contributed by atoms with van der Waals surface area (Å²) in [6.45, 7) is 0.274. The molecule has 0 spiro atoms. The number of hydrogen-bond donors (Lipinski definition) is 0. The second-order valence-corrected chi connectivity index (χ2v) is 7.22. The Labute approximate surface area is 132 Å². The number of rotatable bonds is 7. The molecule has 8 heteroatoms. The van der Waals surface area contributed by atoms with Crippen LogP contribution in [0.4, 0.5) is 8.78 Å². The van der Waals surface area contributed by atoms with E-state index in [1.165, 1.54) is 18.4 Å². The van der Waals surface area contributed by atoms with Gasteiger partial charge < -0.3 is 4.74 Å². The Morgan fingerprint density at radius 2 is 2.05 bits per heavy atom. The summed E-state index contributed by atoms with van der Waals surface area (Å²) in [5.41, 5.74) is 0.779. The third-order valence-electron chi connectivity index (χ3n) is 2.99.